The molecule has 0 radical (unpaired) electrons. The lowest BCUT2D eigenvalue weighted by Gasteiger charge is -2.00. The minimum atomic E-state index is 0.0895. The maximum Gasteiger partial charge on any atom is 0.0967 e. The van der Waals surface area contributed by atoms with Crippen LogP contribution < -0.4 is 0 Å². The summed E-state index contributed by atoms with van der Waals surface area (Å²) in [6, 6.07) is 0. The van der Waals surface area contributed by atoms with E-state index in [1.165, 1.54) is 0 Å². The van der Waals surface area contributed by atoms with Crippen LogP contribution in [0.4, 0.5) is 0 Å². The molecule has 0 saturated heterocycles. The molecule has 0 amide bonds. The van der Waals surface area contributed by atoms with Gasteiger partial charge in [-0.15, -0.1) is 46.4 Å². The predicted molar refractivity (Wildman–Crippen MR) is 47.2 cm³/mol. The van der Waals surface area contributed by atoms with Crippen LogP contribution in [-0.2, 0) is 0 Å². The van der Waals surface area contributed by atoms with Gasteiger partial charge in [0.05, 0.1) is 5.34 Å². The van der Waals surface area contributed by atoms with E-state index in [0.29, 0.717) is 0 Å². The Morgan fingerprint density at radius 3 is 1.11 bits per heavy atom. The van der Waals surface area contributed by atoms with Crippen molar-refractivity contribution >= 4 is 46.4 Å². The molecule has 9 heavy (non-hydrogen) atoms. The van der Waals surface area contributed by atoms with Crippen molar-refractivity contribution in [3.05, 3.63) is 0 Å². The highest BCUT2D eigenvalue weighted by Crippen LogP contribution is 2.06. The fraction of sp³-hybridized carbons (Fsp3) is 1.00. The topological polar surface area (TPSA) is 0 Å². The highest BCUT2D eigenvalue weighted by atomic mass is 35.5. The summed E-state index contributed by atoms with van der Waals surface area (Å²) in [7, 11) is 0. The average molecular weight is 212 g/mol. The molecule has 2 unspecified atom stereocenters. The predicted octanol–water partition coefficient (Wildman–Crippen LogP) is 3.66. The molecule has 0 aromatic heterocycles. The summed E-state index contributed by atoms with van der Waals surface area (Å²) in [4.78, 5) is 0. The second-order valence-electron chi connectivity index (χ2n) is 1.46. The van der Waals surface area contributed by atoms with E-state index in [4.69, 9.17) is 46.4 Å². The molecule has 0 aromatic rings. The zero-order valence-corrected chi connectivity index (χ0v) is 8.40. The molecule has 0 nitrogen and oxygen atoms in total. The zero-order valence-electron chi connectivity index (χ0n) is 5.37. The Bertz CT molecular complexity index is 38.2. The molecule has 0 aliphatic heterocycles. The average Bonchev–Trinajstić information content (AvgIpc) is 1.68. The van der Waals surface area contributed by atoms with E-state index in [2.05, 4.69) is 0 Å². The van der Waals surface area contributed by atoms with Crippen LogP contribution >= 0.6 is 46.4 Å². The number of hydrogen-bond donors (Lipinski definition) is 0. The molecule has 0 spiro atoms. The van der Waals surface area contributed by atoms with Gasteiger partial charge in [0.25, 0.3) is 0 Å². The summed E-state index contributed by atoms with van der Waals surface area (Å²) in [6.07, 6.45) is 0. The van der Waals surface area contributed by atoms with Crippen LogP contribution in [0.25, 0.3) is 0 Å². The molecular formula is C5H10Cl4. The highest BCUT2D eigenvalue weighted by molar-refractivity contribution is 6.40. The van der Waals surface area contributed by atoms with Crippen LogP contribution in [0, 0.1) is 0 Å². The van der Waals surface area contributed by atoms with Crippen molar-refractivity contribution < 1.29 is 0 Å². The van der Waals surface area contributed by atoms with Crippen molar-refractivity contribution in [2.75, 3.05) is 5.34 Å². The van der Waals surface area contributed by atoms with Gasteiger partial charge in [0.15, 0.2) is 0 Å². The molecule has 0 bridgehead atoms. The fourth-order valence-corrected chi connectivity index (χ4v) is 0. The van der Waals surface area contributed by atoms with E-state index < -0.39 is 0 Å². The van der Waals surface area contributed by atoms with Crippen LogP contribution in [0.5, 0.6) is 0 Å². The standard InChI is InChI=1S/C4H8Cl2.CH2Cl2/c1-3(5)4(2)6;2-1-3/h3-4H,1-2H3;1H2. The molecule has 0 aromatic carbocycles. The first kappa shape index (κ1) is 12.8. The maximum atomic E-state index is 5.48. The number of hydrogen-bond acceptors (Lipinski definition) is 0. The third-order valence-corrected chi connectivity index (χ3v) is 1.52. The summed E-state index contributed by atoms with van der Waals surface area (Å²) < 4.78 is 0. The smallest absolute Gasteiger partial charge is 0.0967 e. The van der Waals surface area contributed by atoms with Crippen molar-refractivity contribution in [3.8, 4) is 0 Å². The normalized spacial score (nSPS) is 15.3. The molecule has 0 aliphatic rings. The molecule has 0 N–H and O–H groups in total. The van der Waals surface area contributed by atoms with Crippen LogP contribution in [-0.4, -0.2) is 16.1 Å². The van der Waals surface area contributed by atoms with Gasteiger partial charge >= 0.3 is 0 Å². The third-order valence-electron chi connectivity index (χ3n) is 0.633. The van der Waals surface area contributed by atoms with Crippen molar-refractivity contribution in [1.82, 2.24) is 0 Å². The largest absolute Gasteiger partial charge is 0.122 e. The Labute approximate surface area is 76.4 Å². The molecule has 0 heterocycles. The molecule has 0 aliphatic carbocycles. The molecular weight excluding hydrogens is 202 g/mol. The Kier molecular flexibility index (Phi) is 13.0. The van der Waals surface area contributed by atoms with Gasteiger partial charge in [-0.2, -0.15) is 0 Å². The van der Waals surface area contributed by atoms with Crippen molar-refractivity contribution in [1.29, 1.82) is 0 Å². The second-order valence-corrected chi connectivity index (χ2v) is 3.64. The van der Waals surface area contributed by atoms with E-state index >= 15 is 0 Å². The minimum absolute atomic E-state index is 0.0895. The Morgan fingerprint density at radius 2 is 1.11 bits per heavy atom. The number of rotatable bonds is 1. The highest BCUT2D eigenvalue weighted by Gasteiger charge is 2.01. The van der Waals surface area contributed by atoms with E-state index in [1.54, 1.807) is 0 Å². The van der Waals surface area contributed by atoms with Gasteiger partial charge in [0.1, 0.15) is 0 Å². The second kappa shape index (κ2) is 9.16. The van der Waals surface area contributed by atoms with E-state index in [9.17, 15) is 0 Å². The molecule has 2 atom stereocenters. The Hall–Kier alpha value is 1.16. The SMILES string of the molecule is CC(Cl)C(C)Cl.ClCCl. The van der Waals surface area contributed by atoms with Gasteiger partial charge in [0, 0.05) is 10.8 Å². The lowest BCUT2D eigenvalue weighted by molar-refractivity contribution is 0.905. The van der Waals surface area contributed by atoms with E-state index in [-0.39, 0.29) is 16.1 Å². The quantitative estimate of drug-likeness (QED) is 0.581. The Balaban J connectivity index is 0. The van der Waals surface area contributed by atoms with Gasteiger partial charge < -0.3 is 0 Å². The molecule has 0 saturated carbocycles. The van der Waals surface area contributed by atoms with Crippen molar-refractivity contribution in [3.63, 3.8) is 0 Å². The Morgan fingerprint density at radius 1 is 1.00 bits per heavy atom. The summed E-state index contributed by atoms with van der Waals surface area (Å²) in [5.74, 6) is 0. The lowest BCUT2D eigenvalue weighted by Crippen LogP contribution is -2.03. The van der Waals surface area contributed by atoms with Gasteiger partial charge in [-0.1, -0.05) is 0 Å². The van der Waals surface area contributed by atoms with E-state index in [1.807, 2.05) is 13.8 Å². The maximum absolute atomic E-state index is 5.48. The molecule has 0 fully saturated rings. The van der Waals surface area contributed by atoms with Gasteiger partial charge in [0.2, 0.25) is 0 Å². The molecule has 4 heteroatoms. The van der Waals surface area contributed by atoms with Gasteiger partial charge in [-0.25, -0.2) is 0 Å². The van der Waals surface area contributed by atoms with E-state index in [0.717, 1.165) is 0 Å². The summed E-state index contributed by atoms with van der Waals surface area (Å²) in [5, 5.41) is 0.373. The summed E-state index contributed by atoms with van der Waals surface area (Å²) in [6.45, 7) is 3.75. The van der Waals surface area contributed by atoms with Gasteiger partial charge in [-0.05, 0) is 13.8 Å². The van der Waals surface area contributed by atoms with Crippen LogP contribution in [0.1, 0.15) is 13.8 Å². The minimum Gasteiger partial charge on any atom is -0.122 e. The van der Waals surface area contributed by atoms with Crippen molar-refractivity contribution in [2.45, 2.75) is 24.6 Å². The molecule has 0 rings (SSSR count). The fourth-order valence-electron chi connectivity index (χ4n) is 0. The number of halogens is 4. The van der Waals surface area contributed by atoms with Crippen molar-refractivity contribution in [2.24, 2.45) is 0 Å². The lowest BCUT2D eigenvalue weighted by atomic mass is 10.4. The summed E-state index contributed by atoms with van der Waals surface area (Å²) in [5.41, 5.74) is 0. The van der Waals surface area contributed by atoms with Crippen LogP contribution in [0.2, 0.25) is 0 Å². The first-order chi connectivity index (χ1) is 4.06. The van der Waals surface area contributed by atoms with Crippen LogP contribution in [0.3, 0.4) is 0 Å². The van der Waals surface area contributed by atoms with Gasteiger partial charge in [-0.3, -0.25) is 0 Å². The van der Waals surface area contributed by atoms with Crippen LogP contribution in [0.15, 0.2) is 0 Å². The summed E-state index contributed by atoms with van der Waals surface area (Å²) >= 11 is 20.5. The third kappa shape index (κ3) is 17.6. The zero-order chi connectivity index (χ0) is 7.86. The number of alkyl halides is 4. The molecule has 58 valence electrons. The first-order valence-corrected chi connectivity index (χ1v) is 4.40. The first-order valence-electron chi connectivity index (χ1n) is 2.46. The monoisotopic (exact) mass is 210 g/mol.